The van der Waals surface area contributed by atoms with Crippen LogP contribution in [0.25, 0.3) is 11.0 Å². The second kappa shape index (κ2) is 8.46. The summed E-state index contributed by atoms with van der Waals surface area (Å²) >= 11 is 0. The van der Waals surface area contributed by atoms with Crippen molar-refractivity contribution in [1.29, 1.82) is 0 Å². The molecule has 0 aliphatic rings. The highest BCUT2D eigenvalue weighted by Gasteiger charge is 2.16. The summed E-state index contributed by atoms with van der Waals surface area (Å²) in [6.07, 6.45) is 5.89. The fourth-order valence-electron chi connectivity index (χ4n) is 2.73. The van der Waals surface area contributed by atoms with Crippen LogP contribution in [0, 0.1) is 0 Å². The molecule has 0 spiro atoms. The van der Waals surface area contributed by atoms with Gasteiger partial charge in [0.1, 0.15) is 5.82 Å². The van der Waals surface area contributed by atoms with Gasteiger partial charge in [-0.05, 0) is 25.0 Å². The summed E-state index contributed by atoms with van der Waals surface area (Å²) in [4.78, 5) is 27.8. The van der Waals surface area contributed by atoms with Gasteiger partial charge >= 0.3 is 5.97 Å². The van der Waals surface area contributed by atoms with E-state index in [2.05, 4.69) is 11.9 Å². The zero-order valence-corrected chi connectivity index (χ0v) is 13.6. The minimum Gasteiger partial charge on any atom is -0.481 e. The van der Waals surface area contributed by atoms with E-state index in [0.717, 1.165) is 36.1 Å². The number of rotatable bonds is 9. The van der Waals surface area contributed by atoms with E-state index in [9.17, 15) is 9.59 Å². The second-order valence-corrected chi connectivity index (χ2v) is 5.80. The predicted octanol–water partition coefficient (Wildman–Crippen LogP) is 4.05. The van der Waals surface area contributed by atoms with Crippen molar-refractivity contribution in [3.63, 3.8) is 0 Å². The summed E-state index contributed by atoms with van der Waals surface area (Å²) in [6, 6.07) is 7.61. The van der Waals surface area contributed by atoms with Crippen LogP contribution in [0.15, 0.2) is 24.3 Å². The molecule has 0 atom stereocenters. The molecule has 0 bridgehead atoms. The van der Waals surface area contributed by atoms with Crippen LogP contribution in [-0.2, 0) is 11.2 Å². The van der Waals surface area contributed by atoms with Gasteiger partial charge in [-0.25, -0.2) is 4.98 Å². The molecule has 0 unspecified atom stereocenters. The van der Waals surface area contributed by atoms with Gasteiger partial charge in [0.05, 0.1) is 11.0 Å². The molecule has 1 aromatic carbocycles. The fraction of sp³-hybridized carbons (Fsp3) is 0.500. The summed E-state index contributed by atoms with van der Waals surface area (Å²) in [5.74, 6) is -0.138. The van der Waals surface area contributed by atoms with Crippen LogP contribution in [0.1, 0.15) is 62.5 Å². The lowest BCUT2D eigenvalue weighted by Gasteiger charge is -2.07. The maximum atomic E-state index is 12.5. The predicted molar refractivity (Wildman–Crippen MR) is 89.7 cm³/mol. The minimum absolute atomic E-state index is 0.0181. The Kier molecular flexibility index (Phi) is 6.32. The molecular weight excluding hydrogens is 292 g/mol. The lowest BCUT2D eigenvalue weighted by Crippen LogP contribution is -2.14. The van der Waals surface area contributed by atoms with Gasteiger partial charge in [-0.2, -0.15) is 0 Å². The smallest absolute Gasteiger partial charge is 0.303 e. The molecule has 23 heavy (non-hydrogen) atoms. The van der Waals surface area contributed by atoms with Gasteiger partial charge in [0, 0.05) is 19.3 Å². The number of carboxylic acid groups (broad SMARTS) is 1. The molecule has 0 radical (unpaired) electrons. The molecule has 2 rings (SSSR count). The molecular formula is C18H24N2O3. The third-order valence-electron chi connectivity index (χ3n) is 3.91. The number of unbranched alkanes of at least 4 members (excludes halogenated alkanes) is 3. The lowest BCUT2D eigenvalue weighted by atomic mass is 10.1. The van der Waals surface area contributed by atoms with Gasteiger partial charge in [-0.15, -0.1) is 0 Å². The number of para-hydroxylation sites is 2. The number of hydrogen-bond acceptors (Lipinski definition) is 3. The number of fused-ring (bicyclic) bond motifs is 1. The summed E-state index contributed by atoms with van der Waals surface area (Å²) in [5, 5.41) is 8.72. The van der Waals surface area contributed by atoms with Gasteiger partial charge in [0.25, 0.3) is 0 Å². The zero-order chi connectivity index (χ0) is 16.7. The summed E-state index contributed by atoms with van der Waals surface area (Å²) in [5.41, 5.74) is 1.64. The molecule has 0 saturated carbocycles. The van der Waals surface area contributed by atoms with Gasteiger partial charge in [-0.1, -0.05) is 38.3 Å². The Bertz CT molecular complexity index is 676. The molecule has 1 heterocycles. The van der Waals surface area contributed by atoms with Crippen LogP contribution in [0.3, 0.4) is 0 Å². The van der Waals surface area contributed by atoms with Crippen LogP contribution in [0.5, 0.6) is 0 Å². The van der Waals surface area contributed by atoms with Crippen molar-refractivity contribution in [3.8, 4) is 0 Å². The van der Waals surface area contributed by atoms with E-state index < -0.39 is 5.97 Å². The molecule has 2 aromatic rings. The average Bonchev–Trinajstić information content (AvgIpc) is 2.89. The number of aliphatic carboxylic acids is 1. The van der Waals surface area contributed by atoms with E-state index in [1.807, 2.05) is 24.3 Å². The first kappa shape index (κ1) is 17.2. The molecule has 1 N–H and O–H groups in total. The van der Waals surface area contributed by atoms with Crippen molar-refractivity contribution in [1.82, 2.24) is 9.55 Å². The highest BCUT2D eigenvalue weighted by molar-refractivity contribution is 5.91. The Morgan fingerprint density at radius 1 is 1.09 bits per heavy atom. The molecule has 0 saturated heterocycles. The first-order valence-corrected chi connectivity index (χ1v) is 8.35. The van der Waals surface area contributed by atoms with Crippen LogP contribution < -0.4 is 0 Å². The minimum atomic E-state index is -0.868. The van der Waals surface area contributed by atoms with Crippen molar-refractivity contribution >= 4 is 22.9 Å². The van der Waals surface area contributed by atoms with Crippen LogP contribution in [-0.4, -0.2) is 26.5 Å². The first-order valence-electron chi connectivity index (χ1n) is 8.35. The van der Waals surface area contributed by atoms with E-state index in [0.29, 0.717) is 6.42 Å². The zero-order valence-electron chi connectivity index (χ0n) is 13.6. The number of nitrogens with zero attached hydrogens (tertiary/aromatic N) is 2. The molecule has 0 aliphatic carbocycles. The fourth-order valence-corrected chi connectivity index (χ4v) is 2.73. The molecule has 0 amide bonds. The Labute approximate surface area is 136 Å². The monoisotopic (exact) mass is 316 g/mol. The van der Waals surface area contributed by atoms with Gasteiger partial charge in [-0.3, -0.25) is 14.2 Å². The largest absolute Gasteiger partial charge is 0.481 e. The van der Waals surface area contributed by atoms with E-state index in [-0.39, 0.29) is 18.7 Å². The molecule has 5 nitrogen and oxygen atoms in total. The lowest BCUT2D eigenvalue weighted by molar-refractivity contribution is -0.137. The van der Waals surface area contributed by atoms with Gasteiger partial charge in [0.15, 0.2) is 0 Å². The van der Waals surface area contributed by atoms with Crippen LogP contribution >= 0.6 is 0 Å². The number of imidazole rings is 1. The Morgan fingerprint density at radius 3 is 2.61 bits per heavy atom. The SMILES string of the molecule is CCCCCCc1nc2ccccc2n1C(=O)CCCC(=O)O. The Balaban J connectivity index is 2.16. The quantitative estimate of drug-likeness (QED) is 0.708. The second-order valence-electron chi connectivity index (χ2n) is 5.80. The van der Waals surface area contributed by atoms with Crippen molar-refractivity contribution in [2.75, 3.05) is 0 Å². The van der Waals surface area contributed by atoms with Crippen LogP contribution in [0.4, 0.5) is 0 Å². The van der Waals surface area contributed by atoms with Crippen molar-refractivity contribution in [3.05, 3.63) is 30.1 Å². The number of carboxylic acids is 1. The average molecular weight is 316 g/mol. The van der Waals surface area contributed by atoms with Crippen molar-refractivity contribution in [2.24, 2.45) is 0 Å². The number of aryl methyl sites for hydroxylation is 1. The maximum Gasteiger partial charge on any atom is 0.303 e. The van der Waals surface area contributed by atoms with E-state index >= 15 is 0 Å². The summed E-state index contributed by atoms with van der Waals surface area (Å²) in [7, 11) is 0. The highest BCUT2D eigenvalue weighted by Crippen LogP contribution is 2.19. The number of aromatic nitrogens is 2. The van der Waals surface area contributed by atoms with E-state index in [1.54, 1.807) is 4.57 Å². The standard InChI is InChI=1S/C18H24N2O3/c1-2-3-4-5-11-16-19-14-9-6-7-10-15(14)20(16)17(21)12-8-13-18(22)23/h6-7,9-10H,2-5,8,11-13H2,1H3,(H,22,23). The van der Waals surface area contributed by atoms with E-state index in [4.69, 9.17) is 5.11 Å². The summed E-state index contributed by atoms with van der Waals surface area (Å²) < 4.78 is 1.68. The molecule has 5 heteroatoms. The van der Waals surface area contributed by atoms with Crippen LogP contribution in [0.2, 0.25) is 0 Å². The molecule has 0 fully saturated rings. The number of carbonyl (C=O) groups excluding carboxylic acids is 1. The summed E-state index contributed by atoms with van der Waals surface area (Å²) in [6.45, 7) is 2.17. The van der Waals surface area contributed by atoms with Crippen molar-refractivity contribution < 1.29 is 14.7 Å². The molecule has 0 aliphatic heterocycles. The number of carbonyl (C=O) groups is 2. The number of benzene rings is 1. The Hall–Kier alpha value is -2.17. The number of hydrogen-bond donors (Lipinski definition) is 1. The topological polar surface area (TPSA) is 72.2 Å². The van der Waals surface area contributed by atoms with Gasteiger partial charge in [0.2, 0.25) is 5.91 Å². The first-order chi connectivity index (χ1) is 11.1. The maximum absolute atomic E-state index is 12.5. The highest BCUT2D eigenvalue weighted by atomic mass is 16.4. The Morgan fingerprint density at radius 2 is 1.87 bits per heavy atom. The van der Waals surface area contributed by atoms with E-state index in [1.165, 1.54) is 12.8 Å². The molecule has 1 aromatic heterocycles. The third-order valence-corrected chi connectivity index (χ3v) is 3.91. The molecule has 124 valence electrons. The van der Waals surface area contributed by atoms with Crippen molar-refractivity contribution in [2.45, 2.75) is 58.3 Å². The normalized spacial score (nSPS) is 11.0. The van der Waals surface area contributed by atoms with Gasteiger partial charge < -0.3 is 5.11 Å². The third kappa shape index (κ3) is 4.65.